The van der Waals surface area contributed by atoms with E-state index < -0.39 is 0 Å². The van der Waals surface area contributed by atoms with Crippen molar-refractivity contribution in [2.45, 2.75) is 70.3 Å². The van der Waals surface area contributed by atoms with E-state index in [1.54, 1.807) is 0 Å². The zero-order valence-electron chi connectivity index (χ0n) is 11.5. The molecular formula is C15H28N2O. The molecule has 1 amide bonds. The van der Waals surface area contributed by atoms with E-state index in [2.05, 4.69) is 10.6 Å². The first-order valence-corrected chi connectivity index (χ1v) is 7.84. The van der Waals surface area contributed by atoms with Gasteiger partial charge in [-0.2, -0.15) is 0 Å². The molecule has 1 unspecified atom stereocenters. The number of piperidine rings is 1. The molecule has 18 heavy (non-hydrogen) atoms. The summed E-state index contributed by atoms with van der Waals surface area (Å²) in [5, 5.41) is 6.62. The van der Waals surface area contributed by atoms with Crippen molar-refractivity contribution in [1.29, 1.82) is 0 Å². The van der Waals surface area contributed by atoms with Crippen LogP contribution in [-0.2, 0) is 4.79 Å². The molecule has 3 nitrogen and oxygen atoms in total. The molecule has 0 aromatic carbocycles. The molecule has 0 spiro atoms. The molecular weight excluding hydrogens is 224 g/mol. The summed E-state index contributed by atoms with van der Waals surface area (Å²) >= 11 is 0. The maximum absolute atomic E-state index is 11.8. The Morgan fingerprint density at radius 1 is 1.06 bits per heavy atom. The summed E-state index contributed by atoms with van der Waals surface area (Å²) in [6.07, 6.45) is 12.3. The number of hydrogen-bond donors (Lipinski definition) is 2. The standard InChI is InChI=1S/C15H28N2O/c18-15(12-13-6-2-1-3-7-13)17-11-9-14-8-4-5-10-16-14/h13-14,16H,1-12H2,(H,17,18). The molecule has 2 rings (SSSR count). The Labute approximate surface area is 111 Å². The first-order valence-electron chi connectivity index (χ1n) is 7.84. The first-order chi connectivity index (χ1) is 8.84. The van der Waals surface area contributed by atoms with Crippen molar-refractivity contribution in [2.75, 3.05) is 13.1 Å². The second-order valence-corrected chi connectivity index (χ2v) is 5.99. The van der Waals surface area contributed by atoms with E-state index in [1.165, 1.54) is 51.4 Å². The topological polar surface area (TPSA) is 41.1 Å². The molecule has 2 fully saturated rings. The van der Waals surface area contributed by atoms with Gasteiger partial charge < -0.3 is 10.6 Å². The highest BCUT2D eigenvalue weighted by molar-refractivity contribution is 5.76. The van der Waals surface area contributed by atoms with Crippen molar-refractivity contribution in [3.8, 4) is 0 Å². The minimum absolute atomic E-state index is 0.276. The minimum atomic E-state index is 0.276. The number of carbonyl (C=O) groups is 1. The molecule has 0 aromatic rings. The molecule has 1 heterocycles. The van der Waals surface area contributed by atoms with E-state index >= 15 is 0 Å². The van der Waals surface area contributed by atoms with Crippen molar-refractivity contribution in [2.24, 2.45) is 5.92 Å². The molecule has 1 aliphatic heterocycles. The lowest BCUT2D eigenvalue weighted by Crippen LogP contribution is -2.37. The third-order valence-electron chi connectivity index (χ3n) is 4.43. The number of amides is 1. The Kier molecular flexibility index (Phi) is 5.98. The molecule has 0 radical (unpaired) electrons. The van der Waals surface area contributed by atoms with Crippen molar-refractivity contribution in [3.05, 3.63) is 0 Å². The largest absolute Gasteiger partial charge is 0.356 e. The second kappa shape index (κ2) is 7.78. The zero-order chi connectivity index (χ0) is 12.6. The van der Waals surface area contributed by atoms with Gasteiger partial charge in [-0.25, -0.2) is 0 Å². The lowest BCUT2D eigenvalue weighted by atomic mass is 9.87. The highest BCUT2D eigenvalue weighted by Crippen LogP contribution is 2.26. The van der Waals surface area contributed by atoms with Crippen molar-refractivity contribution in [3.63, 3.8) is 0 Å². The molecule has 2 aliphatic rings. The fourth-order valence-corrected chi connectivity index (χ4v) is 3.28. The number of carbonyl (C=O) groups excluding carboxylic acids is 1. The lowest BCUT2D eigenvalue weighted by molar-refractivity contribution is -0.122. The average Bonchev–Trinajstić information content (AvgIpc) is 2.41. The third-order valence-corrected chi connectivity index (χ3v) is 4.43. The summed E-state index contributed by atoms with van der Waals surface area (Å²) in [7, 11) is 0. The molecule has 1 saturated carbocycles. The molecule has 3 heteroatoms. The molecule has 1 atom stereocenters. The monoisotopic (exact) mass is 252 g/mol. The van der Waals surface area contributed by atoms with Crippen LogP contribution < -0.4 is 10.6 Å². The number of nitrogens with one attached hydrogen (secondary N) is 2. The molecule has 1 aliphatic carbocycles. The van der Waals surface area contributed by atoms with Crippen LogP contribution in [0.5, 0.6) is 0 Å². The van der Waals surface area contributed by atoms with Crippen molar-refractivity contribution < 1.29 is 4.79 Å². The van der Waals surface area contributed by atoms with Crippen LogP contribution in [0.3, 0.4) is 0 Å². The van der Waals surface area contributed by atoms with Crippen LogP contribution >= 0.6 is 0 Å². The van der Waals surface area contributed by atoms with Gasteiger partial charge in [0.2, 0.25) is 5.91 Å². The van der Waals surface area contributed by atoms with Gasteiger partial charge in [0, 0.05) is 19.0 Å². The lowest BCUT2D eigenvalue weighted by Gasteiger charge is -2.24. The van der Waals surface area contributed by atoms with Gasteiger partial charge in [-0.15, -0.1) is 0 Å². The van der Waals surface area contributed by atoms with Crippen LogP contribution in [0, 0.1) is 5.92 Å². The van der Waals surface area contributed by atoms with Gasteiger partial charge in [-0.05, 0) is 44.6 Å². The summed E-state index contributed by atoms with van der Waals surface area (Å²) in [6, 6.07) is 0.633. The third kappa shape index (κ3) is 4.97. The van der Waals surface area contributed by atoms with E-state index in [4.69, 9.17) is 0 Å². The van der Waals surface area contributed by atoms with Crippen LogP contribution in [0.2, 0.25) is 0 Å². The normalized spacial score (nSPS) is 25.9. The van der Waals surface area contributed by atoms with Crippen LogP contribution in [0.25, 0.3) is 0 Å². The Morgan fingerprint density at radius 3 is 2.56 bits per heavy atom. The Balaban J connectivity index is 1.53. The van der Waals surface area contributed by atoms with Gasteiger partial charge >= 0.3 is 0 Å². The molecule has 0 aromatic heterocycles. The zero-order valence-corrected chi connectivity index (χ0v) is 11.5. The Hall–Kier alpha value is -0.570. The van der Waals surface area contributed by atoms with E-state index in [1.807, 2.05) is 0 Å². The second-order valence-electron chi connectivity index (χ2n) is 5.99. The van der Waals surface area contributed by atoms with E-state index in [-0.39, 0.29) is 5.91 Å². The summed E-state index contributed by atoms with van der Waals surface area (Å²) in [5.41, 5.74) is 0. The molecule has 0 bridgehead atoms. The molecule has 2 N–H and O–H groups in total. The maximum atomic E-state index is 11.8. The maximum Gasteiger partial charge on any atom is 0.220 e. The molecule has 104 valence electrons. The summed E-state index contributed by atoms with van der Waals surface area (Å²) < 4.78 is 0. The summed E-state index contributed by atoms with van der Waals surface area (Å²) in [6.45, 7) is 2.00. The van der Waals surface area contributed by atoms with E-state index in [0.29, 0.717) is 12.0 Å². The highest BCUT2D eigenvalue weighted by Gasteiger charge is 2.17. The number of rotatable bonds is 5. The summed E-state index contributed by atoms with van der Waals surface area (Å²) in [4.78, 5) is 11.8. The van der Waals surface area contributed by atoms with Gasteiger partial charge in [-0.3, -0.25) is 4.79 Å². The Morgan fingerprint density at radius 2 is 1.83 bits per heavy atom. The average molecular weight is 252 g/mol. The summed E-state index contributed by atoms with van der Waals surface area (Å²) in [5.74, 6) is 0.935. The smallest absolute Gasteiger partial charge is 0.220 e. The van der Waals surface area contributed by atoms with E-state index in [0.717, 1.165) is 25.9 Å². The fourth-order valence-electron chi connectivity index (χ4n) is 3.28. The predicted molar refractivity (Wildman–Crippen MR) is 74.5 cm³/mol. The van der Waals surface area contributed by atoms with Crippen molar-refractivity contribution in [1.82, 2.24) is 10.6 Å². The van der Waals surface area contributed by atoms with E-state index in [9.17, 15) is 4.79 Å². The van der Waals surface area contributed by atoms with Crippen molar-refractivity contribution >= 4 is 5.91 Å². The SMILES string of the molecule is O=C(CC1CCCCC1)NCCC1CCCCN1. The van der Waals surface area contributed by atoms with Gasteiger partial charge in [0.1, 0.15) is 0 Å². The first kappa shape index (κ1) is 13.9. The van der Waals surface area contributed by atoms with Crippen LogP contribution in [0.1, 0.15) is 64.2 Å². The quantitative estimate of drug-likeness (QED) is 0.789. The van der Waals surface area contributed by atoms with Crippen LogP contribution in [-0.4, -0.2) is 25.0 Å². The Bertz CT molecular complexity index is 243. The van der Waals surface area contributed by atoms with Gasteiger partial charge in [-0.1, -0.05) is 25.7 Å². The van der Waals surface area contributed by atoms with Crippen LogP contribution in [0.15, 0.2) is 0 Å². The minimum Gasteiger partial charge on any atom is -0.356 e. The fraction of sp³-hybridized carbons (Fsp3) is 0.933. The number of hydrogen-bond acceptors (Lipinski definition) is 2. The van der Waals surface area contributed by atoms with Gasteiger partial charge in [0.25, 0.3) is 0 Å². The van der Waals surface area contributed by atoms with Gasteiger partial charge in [0.05, 0.1) is 0 Å². The molecule has 1 saturated heterocycles. The predicted octanol–water partition coefficient (Wildman–Crippen LogP) is 2.61. The van der Waals surface area contributed by atoms with Crippen LogP contribution in [0.4, 0.5) is 0 Å². The van der Waals surface area contributed by atoms with Gasteiger partial charge in [0.15, 0.2) is 0 Å². The highest BCUT2D eigenvalue weighted by atomic mass is 16.1.